The van der Waals surface area contributed by atoms with Crippen LogP contribution in [-0.2, 0) is 19.3 Å². The molecule has 0 unspecified atom stereocenters. The Labute approximate surface area is 180 Å². The van der Waals surface area contributed by atoms with Crippen LogP contribution in [0.25, 0.3) is 0 Å². The Kier molecular flexibility index (Phi) is 5.81. The van der Waals surface area contributed by atoms with Crippen LogP contribution in [0.2, 0.25) is 5.02 Å². The second kappa shape index (κ2) is 8.09. The number of rotatable bonds is 5. The average molecular weight is 457 g/mol. The molecule has 2 aliphatic rings. The molecule has 2 heterocycles. The number of sulfone groups is 1. The smallest absolute Gasteiger partial charge is 0.189 e. The minimum Gasteiger partial charge on any atom is -0.490 e. The molecule has 4 rings (SSSR count). The highest BCUT2D eigenvalue weighted by atomic mass is 35.5. The van der Waals surface area contributed by atoms with Crippen LogP contribution < -0.4 is 4.74 Å². The molecule has 3 atom stereocenters. The van der Waals surface area contributed by atoms with Gasteiger partial charge in [0.05, 0.1) is 23.2 Å². The fourth-order valence-electron chi connectivity index (χ4n) is 4.74. The third kappa shape index (κ3) is 3.22. The van der Waals surface area contributed by atoms with Crippen LogP contribution in [0, 0.1) is 17.6 Å². The Bertz CT molecular complexity index is 1040. The highest BCUT2D eigenvalue weighted by Gasteiger charge is 2.61. The zero-order chi connectivity index (χ0) is 21.5. The molecule has 0 amide bonds. The second-order valence-electron chi connectivity index (χ2n) is 7.80. The number of hydrogen-bond donors (Lipinski definition) is 0. The van der Waals surface area contributed by atoms with Crippen molar-refractivity contribution in [3.8, 4) is 5.75 Å². The van der Waals surface area contributed by atoms with Gasteiger partial charge >= 0.3 is 0 Å². The number of halogens is 3. The van der Waals surface area contributed by atoms with E-state index < -0.39 is 38.2 Å². The van der Waals surface area contributed by atoms with Crippen molar-refractivity contribution in [2.75, 3.05) is 13.2 Å². The first-order valence-corrected chi connectivity index (χ1v) is 11.9. The van der Waals surface area contributed by atoms with Crippen LogP contribution in [0.4, 0.5) is 8.78 Å². The minimum absolute atomic E-state index is 0.0159. The Hall–Kier alpha value is -1.70. The molecule has 162 valence electrons. The summed E-state index contributed by atoms with van der Waals surface area (Å²) in [5.74, 6) is -2.54. The van der Waals surface area contributed by atoms with Crippen LogP contribution >= 0.6 is 11.6 Å². The summed E-state index contributed by atoms with van der Waals surface area (Å²) in [6.45, 7) is 2.10. The molecule has 0 radical (unpaired) electrons. The second-order valence-corrected chi connectivity index (χ2v) is 10.4. The summed E-state index contributed by atoms with van der Waals surface area (Å²) in [6, 6.07) is 7.71. The van der Waals surface area contributed by atoms with Crippen molar-refractivity contribution in [2.24, 2.45) is 5.92 Å². The average Bonchev–Trinajstić information content (AvgIpc) is 2.74. The predicted octanol–water partition coefficient (Wildman–Crippen LogP) is 5.28. The fourth-order valence-corrected chi connectivity index (χ4v) is 7.21. The Morgan fingerprint density at radius 1 is 1.13 bits per heavy atom. The van der Waals surface area contributed by atoms with E-state index >= 15 is 4.39 Å². The summed E-state index contributed by atoms with van der Waals surface area (Å²) in [4.78, 5) is 0.0181. The Morgan fingerprint density at radius 3 is 2.53 bits per heavy atom. The minimum atomic E-state index is -4.14. The van der Waals surface area contributed by atoms with Gasteiger partial charge in [-0.1, -0.05) is 31.4 Å². The lowest BCUT2D eigenvalue weighted by Crippen LogP contribution is -2.57. The first kappa shape index (κ1) is 21.5. The van der Waals surface area contributed by atoms with Crippen molar-refractivity contribution < 1.29 is 26.7 Å². The van der Waals surface area contributed by atoms with E-state index in [0.29, 0.717) is 11.4 Å². The molecule has 8 heteroatoms. The van der Waals surface area contributed by atoms with Gasteiger partial charge in [0.2, 0.25) is 0 Å². The van der Waals surface area contributed by atoms with E-state index in [0.717, 1.165) is 25.0 Å². The number of ether oxygens (including phenoxy) is 2. The van der Waals surface area contributed by atoms with Gasteiger partial charge in [0.1, 0.15) is 10.6 Å². The van der Waals surface area contributed by atoms with Crippen LogP contribution in [0.5, 0.6) is 5.75 Å². The molecule has 2 aromatic carbocycles. The zero-order valence-electron chi connectivity index (χ0n) is 16.5. The highest BCUT2D eigenvalue weighted by molar-refractivity contribution is 7.92. The number of benzene rings is 2. The Balaban J connectivity index is 1.97. The van der Waals surface area contributed by atoms with Crippen molar-refractivity contribution in [1.82, 2.24) is 0 Å². The van der Waals surface area contributed by atoms with Gasteiger partial charge in [-0.3, -0.25) is 0 Å². The number of hydrogen-bond acceptors (Lipinski definition) is 4. The Morgan fingerprint density at radius 2 is 1.83 bits per heavy atom. The standard InChI is InChI=1S/C22H23ClF2O4S/c1-2-3-4-19-16-13-29-21-18(25)10-9-17(24)20(21)22(16,11-12-28-19)30(26,27)15-7-5-14(23)6-8-15/h5-10,16,19H,2-4,11-13H2,1H3/t16-,19-,22-/m0/s1. The van der Waals surface area contributed by atoms with Crippen molar-refractivity contribution in [3.05, 3.63) is 58.6 Å². The van der Waals surface area contributed by atoms with Crippen molar-refractivity contribution in [1.29, 1.82) is 0 Å². The SMILES string of the molecule is CCCC[C@@H]1OCC[C@@]2(S(=O)(=O)c3ccc(Cl)cc3)c3c(F)ccc(F)c3OC[C@@H]12. The monoisotopic (exact) mass is 456 g/mol. The number of fused-ring (bicyclic) bond motifs is 3. The van der Waals surface area contributed by atoms with E-state index in [1.807, 2.05) is 6.92 Å². The van der Waals surface area contributed by atoms with E-state index in [4.69, 9.17) is 21.1 Å². The van der Waals surface area contributed by atoms with Crippen LogP contribution in [-0.4, -0.2) is 27.7 Å². The summed E-state index contributed by atoms with van der Waals surface area (Å²) in [5, 5.41) is 0.389. The van der Waals surface area contributed by atoms with Gasteiger partial charge < -0.3 is 9.47 Å². The highest BCUT2D eigenvalue weighted by Crippen LogP contribution is 2.56. The van der Waals surface area contributed by atoms with Gasteiger partial charge in [-0.15, -0.1) is 0 Å². The first-order chi connectivity index (χ1) is 14.3. The third-order valence-electron chi connectivity index (χ3n) is 6.19. The maximum atomic E-state index is 15.2. The fraction of sp³-hybridized carbons (Fsp3) is 0.455. The summed E-state index contributed by atoms with van der Waals surface area (Å²) in [6.07, 6.45) is 1.94. The van der Waals surface area contributed by atoms with E-state index in [-0.39, 0.29) is 35.8 Å². The molecule has 1 saturated heterocycles. The molecule has 0 spiro atoms. The van der Waals surface area contributed by atoms with Gasteiger partial charge in [-0.25, -0.2) is 17.2 Å². The van der Waals surface area contributed by atoms with Gasteiger partial charge in [-0.2, -0.15) is 0 Å². The largest absolute Gasteiger partial charge is 0.490 e. The van der Waals surface area contributed by atoms with E-state index in [1.165, 1.54) is 24.3 Å². The molecule has 2 aliphatic heterocycles. The molecule has 30 heavy (non-hydrogen) atoms. The molecule has 4 nitrogen and oxygen atoms in total. The molecular formula is C22H23ClF2O4S. The van der Waals surface area contributed by atoms with Gasteiger partial charge in [0.25, 0.3) is 0 Å². The van der Waals surface area contributed by atoms with Gasteiger partial charge in [0, 0.05) is 17.5 Å². The van der Waals surface area contributed by atoms with Crippen LogP contribution in [0.15, 0.2) is 41.3 Å². The summed E-state index contributed by atoms with van der Waals surface area (Å²) in [7, 11) is -4.14. The lowest BCUT2D eigenvalue weighted by atomic mass is 9.75. The molecule has 1 fully saturated rings. The topological polar surface area (TPSA) is 52.6 Å². The van der Waals surface area contributed by atoms with E-state index in [2.05, 4.69) is 0 Å². The number of unbranched alkanes of at least 4 members (excludes halogenated alkanes) is 1. The molecule has 0 saturated carbocycles. The van der Waals surface area contributed by atoms with Crippen LogP contribution in [0.1, 0.15) is 38.2 Å². The summed E-state index contributed by atoms with van der Waals surface area (Å²) < 4.78 is 67.7. The third-order valence-corrected chi connectivity index (χ3v) is 9.00. The molecule has 0 aromatic heterocycles. The van der Waals surface area contributed by atoms with Crippen LogP contribution in [0.3, 0.4) is 0 Å². The molecule has 0 bridgehead atoms. The quantitative estimate of drug-likeness (QED) is 0.614. The van der Waals surface area contributed by atoms with Gasteiger partial charge in [0.15, 0.2) is 21.4 Å². The zero-order valence-corrected chi connectivity index (χ0v) is 18.1. The van der Waals surface area contributed by atoms with E-state index in [1.54, 1.807) is 0 Å². The maximum Gasteiger partial charge on any atom is 0.189 e. The van der Waals surface area contributed by atoms with Crippen molar-refractivity contribution in [2.45, 2.75) is 48.4 Å². The molecule has 2 aromatic rings. The normalized spacial score (nSPS) is 25.9. The van der Waals surface area contributed by atoms with Gasteiger partial charge in [-0.05, 0) is 49.2 Å². The molecule has 0 N–H and O–H groups in total. The first-order valence-electron chi connectivity index (χ1n) is 10.1. The molecule has 0 aliphatic carbocycles. The summed E-state index contributed by atoms with van der Waals surface area (Å²) in [5.41, 5.74) is -0.224. The van der Waals surface area contributed by atoms with E-state index in [9.17, 15) is 12.8 Å². The predicted molar refractivity (Wildman–Crippen MR) is 110 cm³/mol. The summed E-state index contributed by atoms with van der Waals surface area (Å²) >= 11 is 5.95. The van der Waals surface area contributed by atoms with Crippen molar-refractivity contribution in [3.63, 3.8) is 0 Å². The van der Waals surface area contributed by atoms with Crippen molar-refractivity contribution >= 4 is 21.4 Å². The lowest BCUT2D eigenvalue weighted by molar-refractivity contribution is -0.0765. The molecular weight excluding hydrogens is 434 g/mol. The maximum absolute atomic E-state index is 15.2. The lowest BCUT2D eigenvalue weighted by Gasteiger charge is -2.50.